The molecular formula is C57H40N2O. The van der Waals surface area contributed by atoms with E-state index in [2.05, 4.69) is 230 Å². The minimum absolute atomic E-state index is 0.136. The molecule has 3 heteroatoms. The van der Waals surface area contributed by atoms with E-state index in [9.17, 15) is 0 Å². The van der Waals surface area contributed by atoms with Gasteiger partial charge in [-0.3, -0.25) is 0 Å². The van der Waals surface area contributed by atoms with Crippen molar-refractivity contribution in [3.8, 4) is 39.1 Å². The number of furan rings is 1. The van der Waals surface area contributed by atoms with Gasteiger partial charge in [0.2, 0.25) is 0 Å². The van der Waals surface area contributed by atoms with Gasteiger partial charge in [-0.15, -0.1) is 0 Å². The van der Waals surface area contributed by atoms with E-state index in [1.165, 1.54) is 60.8 Å². The van der Waals surface area contributed by atoms with E-state index >= 15 is 0 Å². The van der Waals surface area contributed by atoms with Crippen molar-refractivity contribution in [2.75, 3.05) is 4.90 Å². The van der Waals surface area contributed by atoms with Gasteiger partial charge in [0.05, 0.1) is 22.1 Å². The third-order valence-electron chi connectivity index (χ3n) is 12.8. The van der Waals surface area contributed by atoms with Crippen LogP contribution in [0, 0.1) is 0 Å². The normalized spacial score (nSPS) is 13.0. The predicted octanol–water partition coefficient (Wildman–Crippen LogP) is 15.8. The Morgan fingerprint density at radius 3 is 1.88 bits per heavy atom. The van der Waals surface area contributed by atoms with Gasteiger partial charge >= 0.3 is 0 Å². The number of anilines is 3. The molecule has 12 rings (SSSR count). The third-order valence-corrected chi connectivity index (χ3v) is 12.8. The Morgan fingerprint density at radius 1 is 0.417 bits per heavy atom. The first-order valence-electron chi connectivity index (χ1n) is 20.8. The third kappa shape index (κ3) is 5.22. The zero-order chi connectivity index (χ0) is 40.0. The lowest BCUT2D eigenvalue weighted by Gasteiger charge is -2.28. The summed E-state index contributed by atoms with van der Waals surface area (Å²) >= 11 is 0. The minimum atomic E-state index is -0.136. The zero-order valence-corrected chi connectivity index (χ0v) is 33.4. The standard InChI is InChI=1S/C57H40N2O/c1-57(2)49-20-11-9-18-44(49)45-31-30-43(36-50(45)57)58(42-28-24-38(25-29-42)37-14-5-3-6-15-37)53-22-13-23-55-56(53)48-35-40(27-33-54(48)60-55)39-26-32-52-47(34-39)46-19-10-12-21-51(46)59(52)41-16-7-4-8-17-41/h3-36H,1-2H3. The number of hydrogen-bond donors (Lipinski definition) is 0. The maximum Gasteiger partial charge on any atom is 0.137 e. The van der Waals surface area contributed by atoms with E-state index in [1.807, 2.05) is 0 Å². The smallest absolute Gasteiger partial charge is 0.137 e. The Kier molecular flexibility index (Phi) is 7.58. The van der Waals surface area contributed by atoms with Crippen LogP contribution in [0.2, 0.25) is 0 Å². The van der Waals surface area contributed by atoms with Gasteiger partial charge < -0.3 is 13.9 Å². The molecular weight excluding hydrogens is 729 g/mol. The van der Waals surface area contributed by atoms with Crippen LogP contribution in [0.4, 0.5) is 17.1 Å². The van der Waals surface area contributed by atoms with E-state index in [0.717, 1.165) is 50.3 Å². The molecule has 0 bridgehead atoms. The molecule has 9 aromatic carbocycles. The molecule has 0 aliphatic heterocycles. The average Bonchev–Trinajstić information content (AvgIpc) is 3.92. The fraction of sp³-hybridized carbons (Fsp3) is 0.0526. The number of para-hydroxylation sites is 2. The summed E-state index contributed by atoms with van der Waals surface area (Å²) in [5, 5.41) is 4.65. The monoisotopic (exact) mass is 768 g/mol. The molecule has 0 saturated heterocycles. The number of aromatic nitrogens is 1. The fourth-order valence-electron chi connectivity index (χ4n) is 9.87. The molecule has 1 aliphatic carbocycles. The van der Waals surface area contributed by atoms with E-state index in [4.69, 9.17) is 4.42 Å². The number of fused-ring (bicyclic) bond motifs is 9. The second-order valence-electron chi connectivity index (χ2n) is 16.5. The van der Waals surface area contributed by atoms with Crippen molar-refractivity contribution < 1.29 is 4.42 Å². The van der Waals surface area contributed by atoms with Gasteiger partial charge in [-0.05, 0) is 123 Å². The summed E-state index contributed by atoms with van der Waals surface area (Å²) in [6.45, 7) is 4.70. The maximum absolute atomic E-state index is 6.68. The van der Waals surface area contributed by atoms with E-state index in [0.29, 0.717) is 0 Å². The van der Waals surface area contributed by atoms with Crippen LogP contribution >= 0.6 is 0 Å². The van der Waals surface area contributed by atoms with Crippen LogP contribution in [-0.2, 0) is 5.41 Å². The largest absolute Gasteiger partial charge is 0.456 e. The van der Waals surface area contributed by atoms with Crippen molar-refractivity contribution in [3.63, 3.8) is 0 Å². The Labute approximate surface area is 349 Å². The van der Waals surface area contributed by atoms with Crippen molar-refractivity contribution >= 4 is 60.8 Å². The second kappa shape index (κ2) is 13.2. The maximum atomic E-state index is 6.68. The van der Waals surface area contributed by atoms with Gasteiger partial charge in [-0.1, -0.05) is 141 Å². The minimum Gasteiger partial charge on any atom is -0.456 e. The van der Waals surface area contributed by atoms with Crippen LogP contribution in [-0.4, -0.2) is 4.57 Å². The Balaban J connectivity index is 1.04. The van der Waals surface area contributed by atoms with Crippen LogP contribution in [0.15, 0.2) is 211 Å². The summed E-state index contributed by atoms with van der Waals surface area (Å²) in [5.41, 5.74) is 18.4. The highest BCUT2D eigenvalue weighted by Gasteiger charge is 2.36. The molecule has 0 N–H and O–H groups in total. The number of hydrogen-bond acceptors (Lipinski definition) is 2. The first kappa shape index (κ1) is 34.4. The van der Waals surface area contributed by atoms with Gasteiger partial charge in [-0.2, -0.15) is 0 Å². The summed E-state index contributed by atoms with van der Waals surface area (Å²) in [7, 11) is 0. The zero-order valence-electron chi connectivity index (χ0n) is 33.4. The summed E-state index contributed by atoms with van der Waals surface area (Å²) in [6.07, 6.45) is 0. The van der Waals surface area contributed by atoms with Gasteiger partial charge in [0.25, 0.3) is 0 Å². The Hall–Kier alpha value is -7.62. The van der Waals surface area contributed by atoms with Crippen molar-refractivity contribution in [2.24, 2.45) is 0 Å². The van der Waals surface area contributed by atoms with Gasteiger partial charge in [0, 0.05) is 38.6 Å². The summed E-state index contributed by atoms with van der Waals surface area (Å²) < 4.78 is 9.05. The lowest BCUT2D eigenvalue weighted by atomic mass is 9.82. The van der Waals surface area contributed by atoms with Crippen LogP contribution in [0.3, 0.4) is 0 Å². The lowest BCUT2D eigenvalue weighted by Crippen LogP contribution is -2.16. The second-order valence-corrected chi connectivity index (χ2v) is 16.5. The first-order chi connectivity index (χ1) is 29.5. The molecule has 0 spiro atoms. The van der Waals surface area contributed by atoms with Gasteiger partial charge in [-0.25, -0.2) is 0 Å². The molecule has 0 amide bonds. The molecule has 0 atom stereocenters. The predicted molar refractivity (Wildman–Crippen MR) is 251 cm³/mol. The van der Waals surface area contributed by atoms with Crippen LogP contribution in [0.1, 0.15) is 25.0 Å². The van der Waals surface area contributed by atoms with Crippen LogP contribution < -0.4 is 4.90 Å². The van der Waals surface area contributed by atoms with Gasteiger partial charge in [0.15, 0.2) is 0 Å². The fourth-order valence-corrected chi connectivity index (χ4v) is 9.87. The number of benzene rings is 9. The van der Waals surface area contributed by atoms with Crippen molar-refractivity contribution in [2.45, 2.75) is 19.3 Å². The molecule has 60 heavy (non-hydrogen) atoms. The highest BCUT2D eigenvalue weighted by atomic mass is 16.3. The highest BCUT2D eigenvalue weighted by Crippen LogP contribution is 2.51. The van der Waals surface area contributed by atoms with Crippen molar-refractivity contribution in [1.82, 2.24) is 4.57 Å². The Morgan fingerprint density at radius 2 is 1.05 bits per heavy atom. The molecule has 3 nitrogen and oxygen atoms in total. The summed E-state index contributed by atoms with van der Waals surface area (Å²) in [4.78, 5) is 2.42. The van der Waals surface area contributed by atoms with Crippen molar-refractivity contribution in [3.05, 3.63) is 217 Å². The molecule has 0 unspecified atom stereocenters. The SMILES string of the molecule is CC1(C)c2ccccc2-c2ccc(N(c3ccc(-c4ccccc4)cc3)c3cccc4oc5ccc(-c6ccc7c(c6)c6ccccc6n7-c6ccccc6)cc5c34)cc21. The lowest BCUT2D eigenvalue weighted by molar-refractivity contribution is 0.660. The molecule has 11 aromatic rings. The molecule has 284 valence electrons. The molecule has 2 heterocycles. The highest BCUT2D eigenvalue weighted by molar-refractivity contribution is 6.15. The van der Waals surface area contributed by atoms with Crippen LogP contribution in [0.5, 0.6) is 0 Å². The average molecular weight is 769 g/mol. The molecule has 1 aliphatic rings. The number of nitrogens with zero attached hydrogens (tertiary/aromatic N) is 2. The molecule has 2 aromatic heterocycles. The number of rotatable bonds is 6. The molecule has 0 radical (unpaired) electrons. The molecule has 0 fully saturated rings. The Bertz CT molecular complexity index is 3450. The van der Waals surface area contributed by atoms with Crippen molar-refractivity contribution in [1.29, 1.82) is 0 Å². The quantitative estimate of drug-likeness (QED) is 0.168. The van der Waals surface area contributed by atoms with Crippen LogP contribution in [0.25, 0.3) is 82.8 Å². The van der Waals surface area contributed by atoms with E-state index in [1.54, 1.807) is 0 Å². The van der Waals surface area contributed by atoms with E-state index in [-0.39, 0.29) is 5.41 Å². The molecule has 0 saturated carbocycles. The van der Waals surface area contributed by atoms with Gasteiger partial charge in [0.1, 0.15) is 11.2 Å². The summed E-state index contributed by atoms with van der Waals surface area (Å²) in [5.74, 6) is 0. The topological polar surface area (TPSA) is 21.3 Å². The van der Waals surface area contributed by atoms with E-state index < -0.39 is 0 Å². The summed E-state index contributed by atoms with van der Waals surface area (Å²) in [6, 6.07) is 74.8. The first-order valence-corrected chi connectivity index (χ1v) is 20.8.